The third-order valence-electron chi connectivity index (χ3n) is 4.83. The molecular formula is C23H29ClN2O2. The first kappa shape index (κ1) is 22.0. The van der Waals surface area contributed by atoms with Gasteiger partial charge in [0.2, 0.25) is 11.8 Å². The third kappa shape index (κ3) is 6.10. The molecular weight excluding hydrogens is 372 g/mol. The molecule has 0 aliphatic carbocycles. The van der Waals surface area contributed by atoms with Crippen LogP contribution in [0.2, 0.25) is 5.02 Å². The maximum atomic E-state index is 13.2. The number of aryl methyl sites for hydroxylation is 2. The summed E-state index contributed by atoms with van der Waals surface area (Å²) >= 11 is 5.98. The van der Waals surface area contributed by atoms with E-state index in [1.165, 1.54) is 0 Å². The summed E-state index contributed by atoms with van der Waals surface area (Å²) < 4.78 is 0. The zero-order valence-corrected chi connectivity index (χ0v) is 17.8. The molecule has 0 spiro atoms. The molecule has 2 aromatic rings. The van der Waals surface area contributed by atoms with Gasteiger partial charge in [-0.25, -0.2) is 0 Å². The predicted octanol–water partition coefficient (Wildman–Crippen LogP) is 4.44. The number of halogens is 1. The highest BCUT2D eigenvalue weighted by atomic mass is 35.5. The molecule has 0 radical (unpaired) electrons. The van der Waals surface area contributed by atoms with Gasteiger partial charge < -0.3 is 10.2 Å². The maximum Gasteiger partial charge on any atom is 0.242 e. The molecule has 0 aliphatic heterocycles. The van der Waals surface area contributed by atoms with Gasteiger partial charge >= 0.3 is 0 Å². The molecule has 28 heavy (non-hydrogen) atoms. The van der Waals surface area contributed by atoms with E-state index in [2.05, 4.69) is 5.32 Å². The highest BCUT2D eigenvalue weighted by Gasteiger charge is 2.26. The average Bonchev–Trinajstić information content (AvgIpc) is 2.67. The second kappa shape index (κ2) is 10.3. The molecule has 0 heterocycles. The van der Waals surface area contributed by atoms with E-state index in [9.17, 15) is 9.59 Å². The zero-order chi connectivity index (χ0) is 20.7. The van der Waals surface area contributed by atoms with Crippen molar-refractivity contribution in [2.24, 2.45) is 0 Å². The minimum Gasteiger partial charge on any atom is -0.354 e. The molecule has 0 bridgehead atoms. The molecule has 0 unspecified atom stereocenters. The van der Waals surface area contributed by atoms with E-state index in [-0.39, 0.29) is 18.2 Å². The van der Waals surface area contributed by atoms with Crippen LogP contribution in [0.1, 0.15) is 42.5 Å². The summed E-state index contributed by atoms with van der Waals surface area (Å²) in [5, 5.41) is 3.54. The number of nitrogens with one attached hydrogen (secondary N) is 1. The standard InChI is InChI=1S/C23H29ClN2O2/c1-5-12-25-23(28)18(4)26(15-19-8-10-21(24)11-9-19)22(27)14-20-13-16(2)6-7-17(20)3/h6-11,13,18H,5,12,14-15H2,1-4H3,(H,25,28)/t18-/m1/s1. The SMILES string of the molecule is CCCNC(=O)[C@@H](C)N(Cc1ccc(Cl)cc1)C(=O)Cc1cc(C)ccc1C. The topological polar surface area (TPSA) is 49.4 Å². The largest absolute Gasteiger partial charge is 0.354 e. The van der Waals surface area contributed by atoms with Crippen molar-refractivity contribution in [3.05, 3.63) is 69.7 Å². The van der Waals surface area contributed by atoms with E-state index in [1.54, 1.807) is 24.0 Å². The Morgan fingerprint density at radius 3 is 2.43 bits per heavy atom. The van der Waals surface area contributed by atoms with E-state index in [4.69, 9.17) is 11.6 Å². The van der Waals surface area contributed by atoms with E-state index in [0.717, 1.165) is 28.7 Å². The van der Waals surface area contributed by atoms with Gasteiger partial charge in [-0.3, -0.25) is 9.59 Å². The van der Waals surface area contributed by atoms with Gasteiger partial charge in [0.1, 0.15) is 6.04 Å². The van der Waals surface area contributed by atoms with Gasteiger partial charge in [0.05, 0.1) is 6.42 Å². The highest BCUT2D eigenvalue weighted by Crippen LogP contribution is 2.17. The van der Waals surface area contributed by atoms with Crippen LogP contribution in [-0.4, -0.2) is 29.3 Å². The van der Waals surface area contributed by atoms with Crippen molar-refractivity contribution in [1.82, 2.24) is 10.2 Å². The summed E-state index contributed by atoms with van der Waals surface area (Å²) in [6, 6.07) is 12.9. The molecule has 1 N–H and O–H groups in total. The number of benzene rings is 2. The van der Waals surface area contributed by atoms with Gasteiger partial charge in [-0.05, 0) is 56.0 Å². The summed E-state index contributed by atoms with van der Waals surface area (Å²) in [5.74, 6) is -0.201. The minimum absolute atomic E-state index is 0.0669. The third-order valence-corrected chi connectivity index (χ3v) is 5.08. The Labute approximate surface area is 172 Å². The summed E-state index contributed by atoms with van der Waals surface area (Å²) in [6.07, 6.45) is 1.12. The summed E-state index contributed by atoms with van der Waals surface area (Å²) in [5.41, 5.74) is 4.13. The number of nitrogens with zero attached hydrogens (tertiary/aromatic N) is 1. The molecule has 2 rings (SSSR count). The van der Waals surface area contributed by atoms with Gasteiger partial charge in [0.15, 0.2) is 0 Å². The Balaban J connectivity index is 2.24. The molecule has 1 atom stereocenters. The van der Waals surface area contributed by atoms with Gasteiger partial charge in [-0.15, -0.1) is 0 Å². The van der Waals surface area contributed by atoms with Crippen molar-refractivity contribution in [2.75, 3.05) is 6.54 Å². The van der Waals surface area contributed by atoms with Crippen LogP contribution in [0.3, 0.4) is 0 Å². The normalized spacial score (nSPS) is 11.8. The van der Waals surface area contributed by atoms with Crippen LogP contribution < -0.4 is 5.32 Å². The van der Waals surface area contributed by atoms with Crippen LogP contribution in [0, 0.1) is 13.8 Å². The molecule has 150 valence electrons. The lowest BCUT2D eigenvalue weighted by molar-refractivity contribution is -0.140. The van der Waals surface area contributed by atoms with Gasteiger partial charge in [-0.1, -0.05) is 54.4 Å². The zero-order valence-electron chi connectivity index (χ0n) is 17.1. The first-order valence-corrected chi connectivity index (χ1v) is 10.1. The van der Waals surface area contributed by atoms with Crippen molar-refractivity contribution in [3.8, 4) is 0 Å². The Kier molecular flexibility index (Phi) is 8.06. The van der Waals surface area contributed by atoms with E-state index in [0.29, 0.717) is 18.1 Å². The van der Waals surface area contributed by atoms with Gasteiger partial charge in [0, 0.05) is 18.1 Å². The second-order valence-electron chi connectivity index (χ2n) is 7.22. The molecule has 0 saturated carbocycles. The fourth-order valence-corrected chi connectivity index (χ4v) is 3.15. The second-order valence-corrected chi connectivity index (χ2v) is 7.66. The van der Waals surface area contributed by atoms with Crippen LogP contribution in [-0.2, 0) is 22.6 Å². The highest BCUT2D eigenvalue weighted by molar-refractivity contribution is 6.30. The number of carbonyl (C=O) groups is 2. The van der Waals surface area contributed by atoms with Crippen LogP contribution in [0.25, 0.3) is 0 Å². The summed E-state index contributed by atoms with van der Waals surface area (Å²) in [4.78, 5) is 27.4. The number of carbonyl (C=O) groups excluding carboxylic acids is 2. The summed E-state index contributed by atoms with van der Waals surface area (Å²) in [7, 11) is 0. The Morgan fingerprint density at radius 1 is 1.11 bits per heavy atom. The Morgan fingerprint density at radius 2 is 1.79 bits per heavy atom. The van der Waals surface area contributed by atoms with Gasteiger partial charge in [-0.2, -0.15) is 0 Å². The first-order valence-electron chi connectivity index (χ1n) is 9.69. The minimum atomic E-state index is -0.556. The summed E-state index contributed by atoms with van der Waals surface area (Å²) in [6.45, 7) is 8.76. The quantitative estimate of drug-likeness (QED) is 0.711. The monoisotopic (exact) mass is 400 g/mol. The van der Waals surface area contributed by atoms with Crippen LogP contribution in [0.5, 0.6) is 0 Å². The van der Waals surface area contributed by atoms with Crippen molar-refractivity contribution in [2.45, 2.75) is 53.1 Å². The predicted molar refractivity (Wildman–Crippen MR) is 114 cm³/mol. The lowest BCUT2D eigenvalue weighted by Gasteiger charge is -2.29. The van der Waals surface area contributed by atoms with Crippen molar-refractivity contribution in [3.63, 3.8) is 0 Å². The van der Waals surface area contributed by atoms with Gasteiger partial charge in [0.25, 0.3) is 0 Å². The molecule has 5 heteroatoms. The molecule has 2 amide bonds. The number of rotatable bonds is 8. The fourth-order valence-electron chi connectivity index (χ4n) is 3.02. The molecule has 0 fully saturated rings. The number of amides is 2. The van der Waals surface area contributed by atoms with Crippen LogP contribution >= 0.6 is 11.6 Å². The van der Waals surface area contributed by atoms with E-state index in [1.807, 2.05) is 51.1 Å². The van der Waals surface area contributed by atoms with Crippen molar-refractivity contribution in [1.29, 1.82) is 0 Å². The van der Waals surface area contributed by atoms with E-state index < -0.39 is 6.04 Å². The van der Waals surface area contributed by atoms with Crippen LogP contribution in [0.4, 0.5) is 0 Å². The lowest BCUT2D eigenvalue weighted by Crippen LogP contribution is -2.48. The molecule has 4 nitrogen and oxygen atoms in total. The smallest absolute Gasteiger partial charge is 0.242 e. The first-order chi connectivity index (χ1) is 13.3. The fraction of sp³-hybridized carbons (Fsp3) is 0.391. The molecule has 0 aliphatic rings. The average molecular weight is 401 g/mol. The van der Waals surface area contributed by atoms with Crippen molar-refractivity contribution >= 4 is 23.4 Å². The lowest BCUT2D eigenvalue weighted by atomic mass is 10.0. The molecule has 0 aromatic heterocycles. The van der Waals surface area contributed by atoms with Crippen LogP contribution in [0.15, 0.2) is 42.5 Å². The Hall–Kier alpha value is -2.33. The molecule has 2 aromatic carbocycles. The maximum absolute atomic E-state index is 13.2. The molecule has 0 saturated heterocycles. The Bertz CT molecular complexity index is 818. The number of hydrogen-bond acceptors (Lipinski definition) is 2. The van der Waals surface area contributed by atoms with E-state index >= 15 is 0 Å². The van der Waals surface area contributed by atoms with Crippen molar-refractivity contribution < 1.29 is 9.59 Å². The number of hydrogen-bond donors (Lipinski definition) is 1.